The Labute approximate surface area is 236 Å². The molecule has 0 saturated heterocycles. The number of nitrogens with zero attached hydrogens (tertiary/aromatic N) is 2. The third-order valence-electron chi connectivity index (χ3n) is 7.30. The van der Waals surface area contributed by atoms with E-state index in [1.54, 1.807) is 6.20 Å². The van der Waals surface area contributed by atoms with Gasteiger partial charge in [0.2, 0.25) is 0 Å². The van der Waals surface area contributed by atoms with Crippen LogP contribution in [0.3, 0.4) is 0 Å². The normalized spacial score (nSPS) is 13.3. The van der Waals surface area contributed by atoms with Crippen LogP contribution in [0.2, 0.25) is 0 Å². The van der Waals surface area contributed by atoms with Crippen LogP contribution >= 0.6 is 0 Å². The molecule has 0 fully saturated rings. The summed E-state index contributed by atoms with van der Waals surface area (Å²) < 4.78 is 0. The fraction of sp³-hybridized carbons (Fsp3) is 0.343. The predicted octanol–water partition coefficient (Wildman–Crippen LogP) is 8.44. The van der Waals surface area contributed by atoms with Gasteiger partial charge in [-0.1, -0.05) is 50.4 Å². The Balaban J connectivity index is 0.000000217. The van der Waals surface area contributed by atoms with E-state index >= 15 is 0 Å². The molecule has 0 amide bonds. The molecule has 3 N–H and O–H groups in total. The highest BCUT2D eigenvalue weighted by Gasteiger charge is 2.25. The quantitative estimate of drug-likeness (QED) is 0.180. The second kappa shape index (κ2) is 12.8. The minimum Gasteiger partial charge on any atom is -0.398 e. The molecule has 4 rings (SSSR count). The summed E-state index contributed by atoms with van der Waals surface area (Å²) in [5.41, 5.74) is 20.3. The fourth-order valence-corrected chi connectivity index (χ4v) is 5.51. The largest absolute Gasteiger partial charge is 0.398 e. The smallest absolute Gasteiger partial charge is 0.0959 e. The van der Waals surface area contributed by atoms with Crippen molar-refractivity contribution >= 4 is 22.7 Å². The summed E-state index contributed by atoms with van der Waals surface area (Å²) in [6, 6.07) is 17.5. The summed E-state index contributed by atoms with van der Waals surface area (Å²) in [4.78, 5) is 7.04. The molecule has 0 radical (unpaired) electrons. The van der Waals surface area contributed by atoms with E-state index in [2.05, 4.69) is 125 Å². The lowest BCUT2D eigenvalue weighted by Gasteiger charge is -2.37. The SMILES string of the molecule is C=CNC(C)N(c1cc(C)cc(C)c1C(=C)CC)C(C)C.CCN=C1c2ccccc2-c2cc(C)c(N)cc21. The monoisotopic (exact) mass is 522 g/mol. The maximum atomic E-state index is 6.03. The molecule has 4 nitrogen and oxygen atoms in total. The van der Waals surface area contributed by atoms with E-state index in [0.717, 1.165) is 29.9 Å². The standard InChI is InChI=1S/C19H30N2.C16H16N2/c1-9-15(6)19-16(7)11-14(5)12-18(19)21(13(3)4)17(8)20-10-2;1-3-18-16-12-7-5-4-6-11(12)13-8-10(2)15(17)9-14(13)16/h10-13,17,20H,2,6,9H2,1,3-5,7-8H3;4-9H,3,17H2,1-2H3. The molecule has 39 heavy (non-hydrogen) atoms. The number of nitrogens with one attached hydrogen (secondary N) is 1. The van der Waals surface area contributed by atoms with Gasteiger partial charge >= 0.3 is 0 Å². The van der Waals surface area contributed by atoms with Gasteiger partial charge in [0.05, 0.1) is 11.9 Å². The molecule has 4 heteroatoms. The lowest BCUT2D eigenvalue weighted by molar-refractivity contribution is 0.536. The molecule has 0 aliphatic heterocycles. The van der Waals surface area contributed by atoms with Gasteiger partial charge in [-0.2, -0.15) is 0 Å². The Morgan fingerprint density at radius 1 is 0.949 bits per heavy atom. The first kappa shape index (κ1) is 29.8. The Morgan fingerprint density at radius 2 is 1.62 bits per heavy atom. The van der Waals surface area contributed by atoms with Gasteiger partial charge in [0.1, 0.15) is 0 Å². The summed E-state index contributed by atoms with van der Waals surface area (Å²) in [6.45, 7) is 26.1. The van der Waals surface area contributed by atoms with Crippen LogP contribution in [-0.4, -0.2) is 24.5 Å². The summed E-state index contributed by atoms with van der Waals surface area (Å²) in [5.74, 6) is 0. The Kier molecular flexibility index (Phi) is 9.80. The highest BCUT2D eigenvalue weighted by atomic mass is 15.3. The van der Waals surface area contributed by atoms with Crippen molar-refractivity contribution in [3.8, 4) is 11.1 Å². The van der Waals surface area contributed by atoms with Crippen LogP contribution in [0.4, 0.5) is 11.4 Å². The lowest BCUT2D eigenvalue weighted by atomic mass is 9.94. The van der Waals surface area contributed by atoms with Crippen LogP contribution in [-0.2, 0) is 0 Å². The predicted molar refractivity (Wildman–Crippen MR) is 173 cm³/mol. The molecular weight excluding hydrogens is 476 g/mol. The van der Waals surface area contributed by atoms with Gasteiger partial charge in [-0.15, -0.1) is 0 Å². The number of hydrogen-bond donors (Lipinski definition) is 2. The lowest BCUT2D eigenvalue weighted by Crippen LogP contribution is -2.46. The van der Waals surface area contributed by atoms with E-state index in [1.807, 2.05) is 6.92 Å². The van der Waals surface area contributed by atoms with Crippen LogP contribution in [0.1, 0.15) is 74.4 Å². The summed E-state index contributed by atoms with van der Waals surface area (Å²) in [5, 5.41) is 3.31. The number of aryl methyl sites for hydroxylation is 3. The Bertz CT molecular complexity index is 1380. The average molecular weight is 523 g/mol. The van der Waals surface area contributed by atoms with Crippen LogP contribution < -0.4 is 16.0 Å². The number of anilines is 2. The van der Waals surface area contributed by atoms with E-state index in [0.29, 0.717) is 6.04 Å². The van der Waals surface area contributed by atoms with Crippen LogP contribution in [0.5, 0.6) is 0 Å². The van der Waals surface area contributed by atoms with Crippen molar-refractivity contribution in [1.82, 2.24) is 5.32 Å². The number of allylic oxidation sites excluding steroid dienone is 1. The van der Waals surface area contributed by atoms with Crippen LogP contribution in [0.15, 0.2) is 72.9 Å². The molecule has 206 valence electrons. The minimum absolute atomic E-state index is 0.187. The van der Waals surface area contributed by atoms with Gasteiger partial charge in [0, 0.05) is 40.7 Å². The van der Waals surface area contributed by atoms with Crippen molar-refractivity contribution < 1.29 is 0 Å². The maximum Gasteiger partial charge on any atom is 0.0959 e. The first-order valence-corrected chi connectivity index (χ1v) is 14.0. The number of aliphatic imine (C=N–C) groups is 1. The van der Waals surface area contributed by atoms with Crippen molar-refractivity contribution in [2.45, 2.75) is 74.0 Å². The molecule has 1 atom stereocenters. The second-order valence-electron chi connectivity index (χ2n) is 10.6. The van der Waals surface area contributed by atoms with Crippen molar-refractivity contribution in [2.75, 3.05) is 17.2 Å². The molecule has 0 bridgehead atoms. The zero-order valence-corrected chi connectivity index (χ0v) is 25.2. The number of hydrogen-bond acceptors (Lipinski definition) is 4. The number of benzene rings is 3. The second-order valence-corrected chi connectivity index (χ2v) is 10.6. The van der Waals surface area contributed by atoms with Crippen molar-refractivity contribution in [3.05, 3.63) is 101 Å². The highest BCUT2D eigenvalue weighted by molar-refractivity contribution is 6.25. The van der Waals surface area contributed by atoms with Gasteiger partial charge in [-0.05, 0) is 113 Å². The minimum atomic E-state index is 0.187. The van der Waals surface area contributed by atoms with Crippen LogP contribution in [0.25, 0.3) is 16.7 Å². The van der Waals surface area contributed by atoms with Gasteiger partial charge in [-0.25, -0.2) is 0 Å². The molecule has 0 aromatic heterocycles. The van der Waals surface area contributed by atoms with Crippen molar-refractivity contribution in [1.29, 1.82) is 0 Å². The first-order chi connectivity index (χ1) is 18.5. The molecule has 1 unspecified atom stereocenters. The van der Waals surface area contributed by atoms with E-state index in [1.165, 1.54) is 50.2 Å². The summed E-state index contributed by atoms with van der Waals surface area (Å²) >= 11 is 0. The van der Waals surface area contributed by atoms with E-state index < -0.39 is 0 Å². The highest BCUT2D eigenvalue weighted by Crippen LogP contribution is 2.39. The topological polar surface area (TPSA) is 53.6 Å². The van der Waals surface area contributed by atoms with Gasteiger partial charge < -0.3 is 16.0 Å². The third kappa shape index (κ3) is 6.27. The van der Waals surface area contributed by atoms with E-state index in [4.69, 9.17) is 5.73 Å². The fourth-order valence-electron chi connectivity index (χ4n) is 5.51. The summed E-state index contributed by atoms with van der Waals surface area (Å²) in [7, 11) is 0. The van der Waals surface area contributed by atoms with Crippen molar-refractivity contribution in [3.63, 3.8) is 0 Å². The number of fused-ring (bicyclic) bond motifs is 3. The Morgan fingerprint density at radius 3 is 2.21 bits per heavy atom. The molecule has 1 aliphatic rings. The third-order valence-corrected chi connectivity index (χ3v) is 7.30. The van der Waals surface area contributed by atoms with Gasteiger partial charge in [0.25, 0.3) is 0 Å². The molecule has 3 aromatic carbocycles. The maximum absolute atomic E-state index is 6.03. The zero-order valence-electron chi connectivity index (χ0n) is 25.2. The molecule has 3 aromatic rings. The molecular formula is C35H46N4. The number of nitrogens with two attached hydrogens (primary N) is 1. The molecule has 1 aliphatic carbocycles. The Hall–Kier alpha value is -3.79. The van der Waals surface area contributed by atoms with Crippen LogP contribution in [0, 0.1) is 20.8 Å². The average Bonchev–Trinajstić information content (AvgIpc) is 3.17. The molecule has 0 saturated carbocycles. The van der Waals surface area contributed by atoms with Gasteiger partial charge in [-0.3, -0.25) is 4.99 Å². The zero-order chi connectivity index (χ0) is 28.9. The van der Waals surface area contributed by atoms with E-state index in [-0.39, 0.29) is 6.17 Å². The van der Waals surface area contributed by atoms with Gasteiger partial charge in [0.15, 0.2) is 0 Å². The number of rotatable bonds is 8. The number of nitrogen functional groups attached to an aromatic ring is 1. The molecule has 0 spiro atoms. The van der Waals surface area contributed by atoms with Crippen molar-refractivity contribution in [2.24, 2.45) is 4.99 Å². The first-order valence-electron chi connectivity index (χ1n) is 14.0. The summed E-state index contributed by atoms with van der Waals surface area (Å²) in [6.07, 6.45) is 2.91. The molecule has 0 heterocycles. The van der Waals surface area contributed by atoms with E-state index in [9.17, 15) is 0 Å².